The fourth-order valence-corrected chi connectivity index (χ4v) is 1.85. The number of likely N-dealkylation sites (tertiary alicyclic amines) is 1. The van der Waals surface area contributed by atoms with Crippen molar-refractivity contribution in [1.29, 1.82) is 0 Å². The van der Waals surface area contributed by atoms with E-state index in [0.29, 0.717) is 32.0 Å². The van der Waals surface area contributed by atoms with Crippen LogP contribution in [0.15, 0.2) is 0 Å². The quantitative estimate of drug-likeness (QED) is 0.679. The van der Waals surface area contributed by atoms with Crippen LogP contribution in [0.5, 0.6) is 0 Å². The second-order valence-corrected chi connectivity index (χ2v) is 4.17. The van der Waals surface area contributed by atoms with Crippen molar-refractivity contribution < 1.29 is 9.59 Å². The number of likely N-dealkylation sites (N-methyl/N-ethyl adjacent to an activating group) is 1. The molecule has 5 heteroatoms. The second kappa shape index (κ2) is 6.48. The first-order valence-corrected chi connectivity index (χ1v) is 5.87. The molecule has 0 bridgehead atoms. The highest BCUT2D eigenvalue weighted by molar-refractivity contribution is 5.77. The summed E-state index contributed by atoms with van der Waals surface area (Å²) in [5.41, 5.74) is 0. The third-order valence-electron chi connectivity index (χ3n) is 2.79. The van der Waals surface area contributed by atoms with Crippen molar-refractivity contribution in [3.05, 3.63) is 0 Å². The topological polar surface area (TPSA) is 61.4 Å². The lowest BCUT2D eigenvalue weighted by molar-refractivity contribution is -0.132. The summed E-state index contributed by atoms with van der Waals surface area (Å²) in [6.07, 6.45) is 1.98. The molecule has 1 atom stereocenters. The molecule has 1 heterocycles. The van der Waals surface area contributed by atoms with Crippen molar-refractivity contribution >= 4 is 11.8 Å². The predicted molar refractivity (Wildman–Crippen MR) is 62.0 cm³/mol. The number of hydrogen-bond donors (Lipinski definition) is 2. The molecule has 0 aromatic carbocycles. The maximum atomic E-state index is 11.2. The molecule has 1 rings (SSSR count). The van der Waals surface area contributed by atoms with Crippen LogP contribution in [-0.2, 0) is 9.59 Å². The van der Waals surface area contributed by atoms with Gasteiger partial charge in [0.05, 0.1) is 0 Å². The zero-order valence-electron chi connectivity index (χ0n) is 10.1. The lowest BCUT2D eigenvalue weighted by Crippen LogP contribution is -2.47. The van der Waals surface area contributed by atoms with Crippen LogP contribution in [0.4, 0.5) is 0 Å². The first-order chi connectivity index (χ1) is 7.63. The molecule has 0 saturated carbocycles. The Hall–Kier alpha value is -1.10. The van der Waals surface area contributed by atoms with Crippen LogP contribution in [0.25, 0.3) is 0 Å². The molecule has 0 radical (unpaired) electrons. The fourth-order valence-electron chi connectivity index (χ4n) is 1.85. The summed E-state index contributed by atoms with van der Waals surface area (Å²) in [5.74, 6) is 0.289. The lowest BCUT2D eigenvalue weighted by atomic mass is 10.1. The van der Waals surface area contributed by atoms with Gasteiger partial charge in [0, 0.05) is 45.6 Å². The number of nitrogens with one attached hydrogen (secondary N) is 2. The van der Waals surface area contributed by atoms with Gasteiger partial charge in [-0.3, -0.25) is 9.59 Å². The Morgan fingerprint density at radius 1 is 1.56 bits per heavy atom. The minimum atomic E-state index is 0.0789. The Morgan fingerprint density at radius 3 is 2.94 bits per heavy atom. The number of nitrogens with zero attached hydrogens (tertiary/aromatic N) is 1. The van der Waals surface area contributed by atoms with Gasteiger partial charge in [-0.1, -0.05) is 0 Å². The summed E-state index contributed by atoms with van der Waals surface area (Å²) in [5, 5.41) is 6.06. The van der Waals surface area contributed by atoms with Gasteiger partial charge in [0.25, 0.3) is 0 Å². The van der Waals surface area contributed by atoms with Crippen LogP contribution >= 0.6 is 0 Å². The number of amides is 2. The van der Waals surface area contributed by atoms with Gasteiger partial charge in [-0.25, -0.2) is 0 Å². The monoisotopic (exact) mass is 227 g/mol. The molecule has 2 amide bonds. The molecule has 0 aromatic rings. The van der Waals surface area contributed by atoms with Crippen LogP contribution in [0.2, 0.25) is 0 Å². The standard InChI is InChI=1S/C11H21N3O2/c1-3-12-10(15)6-7-13-9-4-5-11(16)14(2)8-9/h9,13H,3-8H2,1-2H3,(H,12,15). The van der Waals surface area contributed by atoms with E-state index in [4.69, 9.17) is 0 Å². The molecule has 0 aliphatic carbocycles. The summed E-state index contributed by atoms with van der Waals surface area (Å²) < 4.78 is 0. The Labute approximate surface area is 96.6 Å². The molecule has 0 aromatic heterocycles. The van der Waals surface area contributed by atoms with Crippen molar-refractivity contribution in [3.63, 3.8) is 0 Å². The fraction of sp³-hybridized carbons (Fsp3) is 0.818. The average Bonchev–Trinajstić information content (AvgIpc) is 2.24. The van der Waals surface area contributed by atoms with Crippen molar-refractivity contribution in [2.24, 2.45) is 0 Å². The number of rotatable bonds is 5. The van der Waals surface area contributed by atoms with E-state index in [1.165, 1.54) is 0 Å². The maximum absolute atomic E-state index is 11.2. The normalized spacial score (nSPS) is 21.0. The molecular formula is C11H21N3O2. The highest BCUT2D eigenvalue weighted by Crippen LogP contribution is 2.09. The predicted octanol–water partition coefficient (Wildman–Crippen LogP) is -0.277. The minimum absolute atomic E-state index is 0.0789. The molecule has 1 aliphatic rings. The Morgan fingerprint density at radius 2 is 2.31 bits per heavy atom. The zero-order valence-corrected chi connectivity index (χ0v) is 10.1. The van der Waals surface area contributed by atoms with E-state index in [-0.39, 0.29) is 11.8 Å². The van der Waals surface area contributed by atoms with Crippen molar-refractivity contribution in [3.8, 4) is 0 Å². The molecule has 0 spiro atoms. The Balaban J connectivity index is 2.14. The van der Waals surface area contributed by atoms with Crippen LogP contribution in [0, 0.1) is 0 Å². The average molecular weight is 227 g/mol. The maximum Gasteiger partial charge on any atom is 0.222 e. The van der Waals surface area contributed by atoms with Crippen LogP contribution < -0.4 is 10.6 Å². The Bertz CT molecular complexity index is 256. The van der Waals surface area contributed by atoms with Gasteiger partial charge >= 0.3 is 0 Å². The van der Waals surface area contributed by atoms with Crippen LogP contribution in [0.3, 0.4) is 0 Å². The van der Waals surface area contributed by atoms with E-state index in [2.05, 4.69) is 10.6 Å². The van der Waals surface area contributed by atoms with E-state index >= 15 is 0 Å². The molecule has 1 unspecified atom stereocenters. The van der Waals surface area contributed by atoms with E-state index in [9.17, 15) is 9.59 Å². The van der Waals surface area contributed by atoms with Crippen LogP contribution in [-0.4, -0.2) is 49.4 Å². The van der Waals surface area contributed by atoms with E-state index in [1.54, 1.807) is 4.90 Å². The van der Waals surface area contributed by atoms with Crippen LogP contribution in [0.1, 0.15) is 26.2 Å². The zero-order chi connectivity index (χ0) is 12.0. The molecule has 2 N–H and O–H groups in total. The van der Waals surface area contributed by atoms with Gasteiger partial charge in [-0.15, -0.1) is 0 Å². The molecule has 1 saturated heterocycles. The lowest BCUT2D eigenvalue weighted by Gasteiger charge is -2.30. The molecule has 1 aliphatic heterocycles. The van der Waals surface area contributed by atoms with E-state index < -0.39 is 0 Å². The molecular weight excluding hydrogens is 206 g/mol. The Kier molecular flexibility index (Phi) is 5.25. The number of hydrogen-bond acceptors (Lipinski definition) is 3. The number of carbonyl (C=O) groups excluding carboxylic acids is 2. The largest absolute Gasteiger partial charge is 0.356 e. The second-order valence-electron chi connectivity index (χ2n) is 4.17. The number of carbonyl (C=O) groups is 2. The van der Waals surface area contributed by atoms with Gasteiger partial charge in [0.2, 0.25) is 11.8 Å². The molecule has 1 fully saturated rings. The summed E-state index contributed by atoms with van der Waals surface area (Å²) in [7, 11) is 1.82. The highest BCUT2D eigenvalue weighted by Gasteiger charge is 2.22. The highest BCUT2D eigenvalue weighted by atomic mass is 16.2. The first-order valence-electron chi connectivity index (χ1n) is 5.87. The third kappa shape index (κ3) is 4.18. The minimum Gasteiger partial charge on any atom is -0.356 e. The summed E-state index contributed by atoms with van der Waals surface area (Å²) in [4.78, 5) is 24.2. The van der Waals surface area contributed by atoms with Gasteiger partial charge < -0.3 is 15.5 Å². The third-order valence-corrected chi connectivity index (χ3v) is 2.79. The smallest absolute Gasteiger partial charge is 0.222 e. The molecule has 92 valence electrons. The number of piperidine rings is 1. The SMILES string of the molecule is CCNC(=O)CCNC1CCC(=O)N(C)C1. The van der Waals surface area contributed by atoms with Gasteiger partial charge in [-0.2, -0.15) is 0 Å². The summed E-state index contributed by atoms with van der Waals surface area (Å²) >= 11 is 0. The van der Waals surface area contributed by atoms with Crippen molar-refractivity contribution in [1.82, 2.24) is 15.5 Å². The van der Waals surface area contributed by atoms with Gasteiger partial charge in [0.1, 0.15) is 0 Å². The van der Waals surface area contributed by atoms with Gasteiger partial charge in [0.15, 0.2) is 0 Å². The van der Waals surface area contributed by atoms with E-state index in [0.717, 1.165) is 13.0 Å². The van der Waals surface area contributed by atoms with E-state index in [1.807, 2.05) is 14.0 Å². The summed E-state index contributed by atoms with van der Waals surface area (Å²) in [6.45, 7) is 4.01. The van der Waals surface area contributed by atoms with Crippen molar-refractivity contribution in [2.45, 2.75) is 32.2 Å². The molecule has 5 nitrogen and oxygen atoms in total. The summed E-state index contributed by atoms with van der Waals surface area (Å²) in [6, 6.07) is 0.331. The molecule has 16 heavy (non-hydrogen) atoms. The first kappa shape index (κ1) is 13.0. The van der Waals surface area contributed by atoms with Crippen molar-refractivity contribution in [2.75, 3.05) is 26.7 Å². The van der Waals surface area contributed by atoms with Gasteiger partial charge in [-0.05, 0) is 13.3 Å².